The smallest absolute Gasteiger partial charge is 0.0498 e. The fourth-order valence-electron chi connectivity index (χ4n) is 2.52. The van der Waals surface area contributed by atoms with Crippen LogP contribution in [0, 0.1) is 11.8 Å². The third-order valence-corrected chi connectivity index (χ3v) is 3.85. The first-order valence-electron chi connectivity index (χ1n) is 7.60. The molecule has 0 saturated carbocycles. The van der Waals surface area contributed by atoms with E-state index in [1.807, 2.05) is 19.1 Å². The van der Waals surface area contributed by atoms with E-state index in [4.69, 9.17) is 11.6 Å². The summed E-state index contributed by atoms with van der Waals surface area (Å²) in [6.07, 6.45) is 2.18. The second-order valence-corrected chi connectivity index (χ2v) is 6.72. The van der Waals surface area contributed by atoms with Crippen molar-refractivity contribution in [1.82, 2.24) is 9.88 Å². The SMILES string of the molecule is CC(C)CNCc1cn(CC(C)CO)c2cc(Cl)ccc12. The number of aromatic nitrogens is 1. The first kappa shape index (κ1) is 16.3. The largest absolute Gasteiger partial charge is 0.396 e. The van der Waals surface area contributed by atoms with E-state index in [1.165, 1.54) is 10.9 Å². The van der Waals surface area contributed by atoms with Crippen molar-refractivity contribution in [1.29, 1.82) is 0 Å². The highest BCUT2D eigenvalue weighted by Crippen LogP contribution is 2.25. The van der Waals surface area contributed by atoms with Crippen molar-refractivity contribution in [2.24, 2.45) is 11.8 Å². The Morgan fingerprint density at radius 1 is 1.29 bits per heavy atom. The quantitative estimate of drug-likeness (QED) is 0.819. The normalized spacial score (nSPS) is 13.2. The van der Waals surface area contributed by atoms with Crippen LogP contribution in [0.1, 0.15) is 26.3 Å². The first-order chi connectivity index (χ1) is 10.0. The second kappa shape index (κ2) is 7.30. The van der Waals surface area contributed by atoms with Crippen molar-refractivity contribution in [2.45, 2.75) is 33.9 Å². The van der Waals surface area contributed by atoms with E-state index in [0.29, 0.717) is 5.92 Å². The van der Waals surface area contributed by atoms with E-state index in [1.54, 1.807) is 0 Å². The molecular formula is C17H25ClN2O. The predicted octanol–water partition coefficient (Wildman–Crippen LogP) is 3.67. The molecule has 2 rings (SSSR count). The zero-order chi connectivity index (χ0) is 15.4. The fraction of sp³-hybridized carbons (Fsp3) is 0.529. The third kappa shape index (κ3) is 4.22. The molecule has 0 spiro atoms. The van der Waals surface area contributed by atoms with Crippen LogP contribution in [0.25, 0.3) is 10.9 Å². The number of nitrogens with zero attached hydrogens (tertiary/aromatic N) is 1. The summed E-state index contributed by atoms with van der Waals surface area (Å²) in [4.78, 5) is 0. The molecule has 1 aromatic carbocycles. The minimum atomic E-state index is 0.196. The van der Waals surface area contributed by atoms with E-state index < -0.39 is 0 Å². The average Bonchev–Trinajstić information content (AvgIpc) is 2.76. The molecule has 0 aliphatic rings. The molecule has 0 aliphatic carbocycles. The summed E-state index contributed by atoms with van der Waals surface area (Å²) < 4.78 is 2.20. The lowest BCUT2D eigenvalue weighted by Crippen LogP contribution is -2.18. The summed E-state index contributed by atoms with van der Waals surface area (Å²) in [5.41, 5.74) is 2.43. The number of aliphatic hydroxyl groups excluding tert-OH is 1. The molecule has 0 saturated heterocycles. The Labute approximate surface area is 131 Å². The summed E-state index contributed by atoms with van der Waals surface area (Å²) in [6.45, 7) is 9.33. The Hall–Kier alpha value is -1.03. The van der Waals surface area contributed by atoms with Gasteiger partial charge in [-0.3, -0.25) is 0 Å². The van der Waals surface area contributed by atoms with Crippen molar-refractivity contribution >= 4 is 22.5 Å². The van der Waals surface area contributed by atoms with Gasteiger partial charge in [0.05, 0.1) is 0 Å². The number of benzene rings is 1. The number of hydrogen-bond donors (Lipinski definition) is 2. The van der Waals surface area contributed by atoms with Gasteiger partial charge in [0.1, 0.15) is 0 Å². The van der Waals surface area contributed by atoms with Crippen LogP contribution in [0.2, 0.25) is 5.02 Å². The number of hydrogen-bond acceptors (Lipinski definition) is 2. The van der Waals surface area contributed by atoms with Gasteiger partial charge in [-0.1, -0.05) is 38.4 Å². The first-order valence-corrected chi connectivity index (χ1v) is 7.98. The Kier molecular flexibility index (Phi) is 5.68. The van der Waals surface area contributed by atoms with Crippen molar-refractivity contribution in [3.05, 3.63) is 35.0 Å². The molecule has 21 heavy (non-hydrogen) atoms. The molecule has 2 aromatic rings. The molecule has 0 bridgehead atoms. The van der Waals surface area contributed by atoms with Gasteiger partial charge in [0.15, 0.2) is 0 Å². The summed E-state index contributed by atoms with van der Waals surface area (Å²) >= 11 is 6.14. The van der Waals surface area contributed by atoms with E-state index in [-0.39, 0.29) is 12.5 Å². The van der Waals surface area contributed by atoms with Gasteiger partial charge in [0.25, 0.3) is 0 Å². The molecule has 0 aliphatic heterocycles. The molecule has 0 amide bonds. The van der Waals surface area contributed by atoms with Gasteiger partial charge in [-0.25, -0.2) is 0 Å². The standard InChI is InChI=1S/C17H25ClN2O/c1-12(2)7-19-8-14-10-20(9-13(3)11-21)17-6-15(18)4-5-16(14)17/h4-6,10,12-13,19,21H,7-9,11H2,1-3H3. The Bertz CT molecular complexity index is 592. The number of rotatable bonds is 7. The van der Waals surface area contributed by atoms with Gasteiger partial charge in [0, 0.05) is 41.8 Å². The third-order valence-electron chi connectivity index (χ3n) is 3.61. The molecule has 2 N–H and O–H groups in total. The predicted molar refractivity (Wildman–Crippen MR) is 89.7 cm³/mol. The van der Waals surface area contributed by atoms with Gasteiger partial charge >= 0.3 is 0 Å². The molecule has 4 heteroatoms. The van der Waals surface area contributed by atoms with Gasteiger partial charge in [-0.15, -0.1) is 0 Å². The lowest BCUT2D eigenvalue weighted by atomic mass is 10.1. The maximum atomic E-state index is 9.28. The van der Waals surface area contributed by atoms with Gasteiger partial charge < -0.3 is 15.0 Å². The molecule has 116 valence electrons. The van der Waals surface area contributed by atoms with Crippen LogP contribution in [-0.2, 0) is 13.1 Å². The topological polar surface area (TPSA) is 37.2 Å². The van der Waals surface area contributed by atoms with Crippen molar-refractivity contribution in [3.63, 3.8) is 0 Å². The average molecular weight is 309 g/mol. The fourth-order valence-corrected chi connectivity index (χ4v) is 2.69. The van der Waals surface area contributed by atoms with Crippen molar-refractivity contribution in [3.8, 4) is 0 Å². The Balaban J connectivity index is 2.28. The summed E-state index contributed by atoms with van der Waals surface area (Å²) in [7, 11) is 0. The molecule has 1 unspecified atom stereocenters. The van der Waals surface area contributed by atoms with Crippen molar-refractivity contribution < 1.29 is 5.11 Å². The maximum Gasteiger partial charge on any atom is 0.0498 e. The number of nitrogens with one attached hydrogen (secondary N) is 1. The number of fused-ring (bicyclic) bond motifs is 1. The van der Waals surface area contributed by atoms with Gasteiger partial charge in [-0.05, 0) is 36.1 Å². The highest BCUT2D eigenvalue weighted by atomic mass is 35.5. The second-order valence-electron chi connectivity index (χ2n) is 6.28. The van der Waals surface area contributed by atoms with E-state index in [2.05, 4.69) is 36.0 Å². The lowest BCUT2D eigenvalue weighted by Gasteiger charge is -2.10. The molecule has 1 aromatic heterocycles. The molecule has 3 nitrogen and oxygen atoms in total. The monoisotopic (exact) mass is 308 g/mol. The highest BCUT2D eigenvalue weighted by molar-refractivity contribution is 6.31. The summed E-state index contributed by atoms with van der Waals surface area (Å²) in [5.74, 6) is 0.873. The van der Waals surface area contributed by atoms with E-state index in [9.17, 15) is 5.11 Å². The highest BCUT2D eigenvalue weighted by Gasteiger charge is 2.11. The number of aliphatic hydroxyl groups is 1. The van der Waals surface area contributed by atoms with Crippen LogP contribution in [0.5, 0.6) is 0 Å². The summed E-state index contributed by atoms with van der Waals surface area (Å²) in [6, 6.07) is 6.03. The molecular weight excluding hydrogens is 284 g/mol. The van der Waals surface area contributed by atoms with Crippen LogP contribution in [0.3, 0.4) is 0 Å². The maximum absolute atomic E-state index is 9.28. The zero-order valence-corrected chi connectivity index (χ0v) is 13.8. The minimum absolute atomic E-state index is 0.196. The van der Waals surface area contributed by atoms with Crippen LogP contribution < -0.4 is 5.32 Å². The Morgan fingerprint density at radius 3 is 2.71 bits per heavy atom. The minimum Gasteiger partial charge on any atom is -0.396 e. The van der Waals surface area contributed by atoms with Gasteiger partial charge in [-0.2, -0.15) is 0 Å². The molecule has 1 heterocycles. The number of halogens is 1. The van der Waals surface area contributed by atoms with Gasteiger partial charge in [0.2, 0.25) is 0 Å². The van der Waals surface area contributed by atoms with Crippen LogP contribution >= 0.6 is 11.6 Å². The van der Waals surface area contributed by atoms with Crippen LogP contribution in [0.4, 0.5) is 0 Å². The molecule has 0 fully saturated rings. The molecule has 1 atom stereocenters. The lowest BCUT2D eigenvalue weighted by molar-refractivity contribution is 0.224. The molecule has 0 radical (unpaired) electrons. The Morgan fingerprint density at radius 2 is 2.05 bits per heavy atom. The summed E-state index contributed by atoms with van der Waals surface area (Å²) in [5, 5.41) is 14.8. The zero-order valence-electron chi connectivity index (χ0n) is 13.1. The van der Waals surface area contributed by atoms with Crippen molar-refractivity contribution in [2.75, 3.05) is 13.2 Å². The van der Waals surface area contributed by atoms with E-state index >= 15 is 0 Å². The van der Waals surface area contributed by atoms with Crippen LogP contribution in [0.15, 0.2) is 24.4 Å². The van der Waals surface area contributed by atoms with Crippen LogP contribution in [-0.4, -0.2) is 22.8 Å². The van der Waals surface area contributed by atoms with E-state index in [0.717, 1.165) is 30.2 Å².